The van der Waals surface area contributed by atoms with Gasteiger partial charge in [-0.05, 0) is 36.2 Å². The maximum absolute atomic E-state index is 11.1. The molecule has 3 rings (SSSR count). The number of hydrogen-bond acceptors (Lipinski definition) is 6. The summed E-state index contributed by atoms with van der Waals surface area (Å²) in [6.07, 6.45) is 2.58. The van der Waals surface area contributed by atoms with Crippen molar-refractivity contribution in [3.05, 3.63) is 53.5 Å². The molecule has 1 aromatic carbocycles. The van der Waals surface area contributed by atoms with Gasteiger partial charge >= 0.3 is 5.97 Å². The quantitative estimate of drug-likeness (QED) is 0.488. The maximum atomic E-state index is 11.1. The van der Waals surface area contributed by atoms with E-state index in [2.05, 4.69) is 14.9 Å². The van der Waals surface area contributed by atoms with Crippen molar-refractivity contribution < 1.29 is 24.4 Å². The van der Waals surface area contributed by atoms with Crippen LogP contribution in [0.15, 0.2) is 36.5 Å². The molecule has 0 saturated heterocycles. The molecule has 2 heterocycles. The van der Waals surface area contributed by atoms with E-state index in [1.807, 2.05) is 22.9 Å². The molecular weight excluding hydrogens is 338 g/mol. The van der Waals surface area contributed by atoms with Crippen molar-refractivity contribution in [1.82, 2.24) is 14.5 Å². The number of aryl methyl sites for hydroxylation is 2. The minimum Gasteiger partial charge on any atom is -0.496 e. The fourth-order valence-corrected chi connectivity index (χ4v) is 2.71. The molecule has 0 aromatic heterocycles. The SMILES string of the molecule is COOCc1nc2cccn(CCc3ccc(C(=O)O)cc3OC)c-2n1. The minimum absolute atomic E-state index is 0.176. The predicted octanol–water partition coefficient (Wildman–Crippen LogP) is 2.41. The summed E-state index contributed by atoms with van der Waals surface area (Å²) in [4.78, 5) is 29.4. The van der Waals surface area contributed by atoms with Gasteiger partial charge in [-0.3, -0.25) is 0 Å². The van der Waals surface area contributed by atoms with Crippen molar-refractivity contribution in [2.45, 2.75) is 19.6 Å². The van der Waals surface area contributed by atoms with Crippen LogP contribution in [0.4, 0.5) is 0 Å². The highest BCUT2D eigenvalue weighted by molar-refractivity contribution is 5.88. The lowest BCUT2D eigenvalue weighted by molar-refractivity contribution is -0.283. The number of benzene rings is 1. The van der Waals surface area contributed by atoms with Crippen LogP contribution >= 0.6 is 0 Å². The first-order valence-corrected chi connectivity index (χ1v) is 8.00. The predicted molar refractivity (Wildman–Crippen MR) is 92.1 cm³/mol. The van der Waals surface area contributed by atoms with Gasteiger partial charge in [-0.1, -0.05) is 6.07 Å². The molecule has 26 heavy (non-hydrogen) atoms. The number of ether oxygens (including phenoxy) is 1. The highest BCUT2D eigenvalue weighted by Crippen LogP contribution is 2.23. The van der Waals surface area contributed by atoms with Gasteiger partial charge in [0.05, 0.1) is 19.8 Å². The van der Waals surface area contributed by atoms with E-state index in [0.717, 1.165) is 17.1 Å². The molecule has 0 saturated carbocycles. The van der Waals surface area contributed by atoms with Crippen molar-refractivity contribution in [1.29, 1.82) is 0 Å². The van der Waals surface area contributed by atoms with E-state index in [4.69, 9.17) is 14.7 Å². The third kappa shape index (κ3) is 3.81. The number of aromatic carboxylic acids is 1. The van der Waals surface area contributed by atoms with E-state index in [9.17, 15) is 4.79 Å². The molecule has 2 aliphatic rings. The van der Waals surface area contributed by atoms with Gasteiger partial charge in [-0.25, -0.2) is 24.5 Å². The average molecular weight is 357 g/mol. The van der Waals surface area contributed by atoms with Crippen LogP contribution in [0.3, 0.4) is 0 Å². The molecule has 0 unspecified atom stereocenters. The number of carboxylic acids is 1. The first kappa shape index (κ1) is 17.8. The molecule has 8 nitrogen and oxygen atoms in total. The van der Waals surface area contributed by atoms with Crippen molar-refractivity contribution in [2.24, 2.45) is 0 Å². The third-order valence-corrected chi connectivity index (χ3v) is 3.97. The zero-order valence-corrected chi connectivity index (χ0v) is 14.5. The number of fused-ring (bicyclic) bond motifs is 1. The van der Waals surface area contributed by atoms with Crippen molar-refractivity contribution in [2.75, 3.05) is 14.2 Å². The van der Waals surface area contributed by atoms with Crippen molar-refractivity contribution >= 4 is 5.97 Å². The summed E-state index contributed by atoms with van der Waals surface area (Å²) in [6, 6.07) is 8.68. The molecule has 8 heteroatoms. The van der Waals surface area contributed by atoms with Crippen LogP contribution in [-0.2, 0) is 29.3 Å². The Balaban J connectivity index is 1.79. The maximum Gasteiger partial charge on any atom is 0.335 e. The number of aromatic nitrogens is 3. The smallest absolute Gasteiger partial charge is 0.335 e. The van der Waals surface area contributed by atoms with Crippen molar-refractivity contribution in [3.8, 4) is 17.3 Å². The van der Waals surface area contributed by atoms with Gasteiger partial charge in [-0.15, -0.1) is 0 Å². The Kier molecular flexibility index (Phi) is 5.45. The van der Waals surface area contributed by atoms with E-state index in [-0.39, 0.29) is 12.2 Å². The number of carbonyl (C=O) groups is 1. The summed E-state index contributed by atoms with van der Waals surface area (Å²) < 4.78 is 7.32. The van der Waals surface area contributed by atoms with Crippen molar-refractivity contribution in [3.63, 3.8) is 0 Å². The molecule has 0 amide bonds. The highest BCUT2D eigenvalue weighted by atomic mass is 17.2. The molecule has 1 aromatic rings. The van der Waals surface area contributed by atoms with Crippen LogP contribution < -0.4 is 4.74 Å². The van der Waals surface area contributed by atoms with Crippen LogP contribution in [0.2, 0.25) is 0 Å². The second kappa shape index (κ2) is 7.94. The zero-order chi connectivity index (χ0) is 18.5. The molecule has 0 fully saturated rings. The Morgan fingerprint density at radius 3 is 2.81 bits per heavy atom. The molecule has 0 radical (unpaired) electrons. The molecule has 0 aliphatic carbocycles. The third-order valence-electron chi connectivity index (χ3n) is 3.97. The zero-order valence-electron chi connectivity index (χ0n) is 14.5. The van der Waals surface area contributed by atoms with Gasteiger partial charge in [0.25, 0.3) is 0 Å². The van der Waals surface area contributed by atoms with E-state index >= 15 is 0 Å². The molecule has 136 valence electrons. The van der Waals surface area contributed by atoms with Gasteiger partial charge in [0.2, 0.25) is 0 Å². The number of pyridine rings is 1. The Morgan fingerprint density at radius 2 is 2.08 bits per heavy atom. The van der Waals surface area contributed by atoms with Crippen LogP contribution in [0.25, 0.3) is 11.5 Å². The standard InChI is InChI=1S/C18H19N3O5/c1-24-15-10-13(18(22)23)6-5-12(15)7-9-21-8-3-4-14-17(21)20-16(19-14)11-26-25-2/h3-6,8,10H,7,9,11H2,1-2H3,(H,22,23). The molecular formula is C18H19N3O5. The van der Waals surface area contributed by atoms with Gasteiger partial charge in [0.15, 0.2) is 11.6 Å². The van der Waals surface area contributed by atoms with Gasteiger partial charge in [0.1, 0.15) is 18.1 Å². The molecule has 1 N–H and O–H groups in total. The lowest BCUT2D eigenvalue weighted by Crippen LogP contribution is -2.07. The Hall–Kier alpha value is -2.97. The van der Waals surface area contributed by atoms with Crippen LogP contribution in [0.5, 0.6) is 5.75 Å². The average Bonchev–Trinajstić information content (AvgIpc) is 3.08. The fraction of sp³-hybridized carbons (Fsp3) is 0.278. The second-order valence-corrected chi connectivity index (χ2v) is 5.56. The number of imidazole rings is 1. The monoisotopic (exact) mass is 357 g/mol. The molecule has 0 bridgehead atoms. The topological polar surface area (TPSA) is 95.7 Å². The fourth-order valence-electron chi connectivity index (χ4n) is 2.71. The lowest BCUT2D eigenvalue weighted by atomic mass is 10.1. The first-order chi connectivity index (χ1) is 12.6. The summed E-state index contributed by atoms with van der Waals surface area (Å²) in [5.41, 5.74) is 1.89. The van der Waals surface area contributed by atoms with Crippen LogP contribution in [0.1, 0.15) is 21.7 Å². The summed E-state index contributed by atoms with van der Waals surface area (Å²) in [5, 5.41) is 9.09. The molecule has 0 atom stereocenters. The number of rotatable bonds is 8. The van der Waals surface area contributed by atoms with Gasteiger partial charge < -0.3 is 14.4 Å². The summed E-state index contributed by atoms with van der Waals surface area (Å²) >= 11 is 0. The number of hydrogen-bond donors (Lipinski definition) is 1. The normalized spacial score (nSPS) is 11.0. The Labute approximate surface area is 150 Å². The van der Waals surface area contributed by atoms with E-state index in [1.165, 1.54) is 20.3 Å². The van der Waals surface area contributed by atoms with Crippen LogP contribution in [-0.4, -0.2) is 39.8 Å². The van der Waals surface area contributed by atoms with E-state index < -0.39 is 5.97 Å². The Bertz CT molecular complexity index is 877. The summed E-state index contributed by atoms with van der Waals surface area (Å²) in [5.74, 6) is 0.876. The summed E-state index contributed by atoms with van der Waals surface area (Å²) in [6.45, 7) is 0.818. The van der Waals surface area contributed by atoms with Crippen LogP contribution in [0, 0.1) is 0 Å². The van der Waals surface area contributed by atoms with Gasteiger partial charge in [-0.2, -0.15) is 0 Å². The van der Waals surface area contributed by atoms with E-state index in [1.54, 1.807) is 12.1 Å². The number of nitrogens with zero attached hydrogens (tertiary/aromatic N) is 3. The number of methoxy groups -OCH3 is 1. The first-order valence-electron chi connectivity index (χ1n) is 8.00. The number of carboxylic acid groups (broad SMARTS) is 1. The van der Waals surface area contributed by atoms with E-state index in [0.29, 0.717) is 24.5 Å². The minimum atomic E-state index is -0.980. The molecule has 0 spiro atoms. The lowest BCUT2D eigenvalue weighted by Gasteiger charge is -2.13. The molecule has 2 aliphatic heterocycles. The largest absolute Gasteiger partial charge is 0.496 e. The summed E-state index contributed by atoms with van der Waals surface area (Å²) in [7, 11) is 2.97. The Morgan fingerprint density at radius 1 is 1.23 bits per heavy atom. The second-order valence-electron chi connectivity index (χ2n) is 5.56. The highest BCUT2D eigenvalue weighted by Gasteiger charge is 2.15. The van der Waals surface area contributed by atoms with Gasteiger partial charge in [0, 0.05) is 12.7 Å².